The number of nitrogens with one attached hydrogen (secondary N) is 1. The molecule has 1 atom stereocenters. The zero-order valence-corrected chi connectivity index (χ0v) is 10.2. The molecule has 0 bridgehead atoms. The molecule has 1 aliphatic rings. The van der Waals surface area contributed by atoms with E-state index in [0.29, 0.717) is 18.4 Å². The van der Waals surface area contributed by atoms with Gasteiger partial charge in [0.2, 0.25) is 11.8 Å². The summed E-state index contributed by atoms with van der Waals surface area (Å²) < 4.78 is 11.2. The SMILES string of the molecule is CCCOc1cc(OC2CCCNC2)ncn1. The Kier molecular flexibility index (Phi) is 4.55. The molecule has 0 radical (unpaired) electrons. The van der Waals surface area contributed by atoms with Crippen molar-refractivity contribution in [2.45, 2.75) is 32.3 Å². The van der Waals surface area contributed by atoms with Crippen LogP contribution < -0.4 is 14.8 Å². The lowest BCUT2D eigenvalue weighted by atomic mass is 10.1. The largest absolute Gasteiger partial charge is 0.478 e. The summed E-state index contributed by atoms with van der Waals surface area (Å²) in [6.45, 7) is 4.69. The molecular formula is C12H19N3O2. The monoisotopic (exact) mass is 237 g/mol. The normalized spacial score (nSPS) is 19.9. The first-order chi connectivity index (χ1) is 8.38. The summed E-state index contributed by atoms with van der Waals surface area (Å²) in [6.07, 6.45) is 4.87. The summed E-state index contributed by atoms with van der Waals surface area (Å²) in [6, 6.07) is 1.75. The second-order valence-electron chi connectivity index (χ2n) is 4.13. The Morgan fingerprint density at radius 1 is 1.41 bits per heavy atom. The molecule has 1 aromatic rings. The van der Waals surface area contributed by atoms with E-state index in [1.165, 1.54) is 6.33 Å². The van der Waals surface area contributed by atoms with Crippen molar-refractivity contribution in [3.05, 3.63) is 12.4 Å². The smallest absolute Gasteiger partial charge is 0.220 e. The molecule has 0 spiro atoms. The molecule has 0 amide bonds. The molecule has 1 N–H and O–H groups in total. The highest BCUT2D eigenvalue weighted by molar-refractivity contribution is 5.18. The van der Waals surface area contributed by atoms with Crippen LogP contribution in [0.4, 0.5) is 0 Å². The molecule has 2 heterocycles. The number of nitrogens with zero attached hydrogens (tertiary/aromatic N) is 2. The Morgan fingerprint density at radius 2 is 2.29 bits per heavy atom. The van der Waals surface area contributed by atoms with Gasteiger partial charge >= 0.3 is 0 Å². The van der Waals surface area contributed by atoms with Gasteiger partial charge < -0.3 is 14.8 Å². The molecule has 17 heavy (non-hydrogen) atoms. The van der Waals surface area contributed by atoms with Crippen molar-refractivity contribution in [1.29, 1.82) is 0 Å². The molecule has 5 heteroatoms. The van der Waals surface area contributed by atoms with Gasteiger partial charge in [-0.15, -0.1) is 0 Å². The van der Waals surface area contributed by atoms with Crippen LogP contribution in [-0.4, -0.2) is 35.8 Å². The molecule has 5 nitrogen and oxygen atoms in total. The first-order valence-corrected chi connectivity index (χ1v) is 6.20. The van der Waals surface area contributed by atoms with Gasteiger partial charge in [0.25, 0.3) is 0 Å². The summed E-state index contributed by atoms with van der Waals surface area (Å²) in [7, 11) is 0. The van der Waals surface area contributed by atoms with Crippen LogP contribution in [0, 0.1) is 0 Å². The second-order valence-corrected chi connectivity index (χ2v) is 4.13. The van der Waals surface area contributed by atoms with Gasteiger partial charge in [-0.1, -0.05) is 6.92 Å². The number of hydrogen-bond donors (Lipinski definition) is 1. The first-order valence-electron chi connectivity index (χ1n) is 6.20. The van der Waals surface area contributed by atoms with Crippen molar-refractivity contribution in [3.8, 4) is 11.8 Å². The summed E-state index contributed by atoms with van der Waals surface area (Å²) >= 11 is 0. The third-order valence-corrected chi connectivity index (χ3v) is 2.61. The third kappa shape index (κ3) is 3.85. The number of ether oxygens (including phenoxy) is 2. The number of hydrogen-bond acceptors (Lipinski definition) is 5. The van der Waals surface area contributed by atoms with Crippen LogP contribution in [0.3, 0.4) is 0 Å². The van der Waals surface area contributed by atoms with Gasteiger partial charge in [0.1, 0.15) is 12.4 Å². The molecule has 2 rings (SSSR count). The van der Waals surface area contributed by atoms with E-state index in [1.54, 1.807) is 6.07 Å². The highest BCUT2D eigenvalue weighted by Gasteiger charge is 2.15. The average molecular weight is 237 g/mol. The maximum Gasteiger partial charge on any atom is 0.220 e. The fourth-order valence-electron chi connectivity index (χ4n) is 1.76. The summed E-state index contributed by atoms with van der Waals surface area (Å²) in [4.78, 5) is 8.14. The van der Waals surface area contributed by atoms with Gasteiger partial charge in [-0.25, -0.2) is 9.97 Å². The maximum absolute atomic E-state index is 5.78. The van der Waals surface area contributed by atoms with E-state index in [9.17, 15) is 0 Å². The Balaban J connectivity index is 1.90. The quantitative estimate of drug-likeness (QED) is 0.838. The predicted octanol–water partition coefficient (Wildman–Crippen LogP) is 1.40. The van der Waals surface area contributed by atoms with Crippen LogP contribution in [0.15, 0.2) is 12.4 Å². The van der Waals surface area contributed by atoms with Crippen LogP contribution in [0.5, 0.6) is 11.8 Å². The molecule has 0 aromatic carbocycles. The number of rotatable bonds is 5. The van der Waals surface area contributed by atoms with E-state index in [0.717, 1.165) is 32.4 Å². The Bertz CT molecular complexity index is 340. The second kappa shape index (κ2) is 6.39. The van der Waals surface area contributed by atoms with Crippen LogP contribution in [0.25, 0.3) is 0 Å². The standard InChI is InChI=1S/C12H19N3O2/c1-2-6-16-11-7-12(15-9-14-11)17-10-4-3-5-13-8-10/h7,9-10,13H,2-6,8H2,1H3. The van der Waals surface area contributed by atoms with Crippen molar-refractivity contribution in [2.75, 3.05) is 19.7 Å². The van der Waals surface area contributed by atoms with Crippen molar-refractivity contribution in [2.24, 2.45) is 0 Å². The number of piperidine rings is 1. The molecule has 1 saturated heterocycles. The van der Waals surface area contributed by atoms with E-state index >= 15 is 0 Å². The van der Waals surface area contributed by atoms with Crippen LogP contribution >= 0.6 is 0 Å². The molecule has 1 unspecified atom stereocenters. The molecular weight excluding hydrogens is 218 g/mol. The zero-order chi connectivity index (χ0) is 11.9. The molecule has 94 valence electrons. The molecule has 0 aliphatic carbocycles. The van der Waals surface area contributed by atoms with E-state index in [4.69, 9.17) is 9.47 Å². The molecule has 1 aliphatic heterocycles. The highest BCUT2D eigenvalue weighted by Crippen LogP contribution is 2.16. The summed E-state index contributed by atoms with van der Waals surface area (Å²) in [5.74, 6) is 1.18. The molecule has 0 saturated carbocycles. The lowest BCUT2D eigenvalue weighted by Crippen LogP contribution is -2.37. The van der Waals surface area contributed by atoms with Crippen molar-refractivity contribution >= 4 is 0 Å². The van der Waals surface area contributed by atoms with Crippen LogP contribution in [0.2, 0.25) is 0 Å². The highest BCUT2D eigenvalue weighted by atomic mass is 16.5. The minimum Gasteiger partial charge on any atom is -0.478 e. The zero-order valence-electron chi connectivity index (χ0n) is 10.2. The Hall–Kier alpha value is -1.36. The van der Waals surface area contributed by atoms with Gasteiger partial charge in [-0.2, -0.15) is 0 Å². The summed E-state index contributed by atoms with van der Waals surface area (Å²) in [5, 5.41) is 3.30. The first kappa shape index (κ1) is 12.1. The fourth-order valence-corrected chi connectivity index (χ4v) is 1.76. The topological polar surface area (TPSA) is 56.3 Å². The minimum atomic E-state index is 0.206. The molecule has 1 fully saturated rings. The number of aromatic nitrogens is 2. The van der Waals surface area contributed by atoms with E-state index in [2.05, 4.69) is 22.2 Å². The van der Waals surface area contributed by atoms with Gasteiger partial charge in [-0.3, -0.25) is 0 Å². The van der Waals surface area contributed by atoms with E-state index < -0.39 is 0 Å². The van der Waals surface area contributed by atoms with Gasteiger partial charge in [0.05, 0.1) is 12.7 Å². The van der Waals surface area contributed by atoms with Gasteiger partial charge in [-0.05, 0) is 25.8 Å². The van der Waals surface area contributed by atoms with E-state index in [1.807, 2.05) is 0 Å². The van der Waals surface area contributed by atoms with Crippen LogP contribution in [-0.2, 0) is 0 Å². The average Bonchev–Trinajstić information content (AvgIpc) is 2.38. The lowest BCUT2D eigenvalue weighted by molar-refractivity contribution is 0.159. The summed E-state index contributed by atoms with van der Waals surface area (Å²) in [5.41, 5.74) is 0. The van der Waals surface area contributed by atoms with Crippen molar-refractivity contribution < 1.29 is 9.47 Å². The Labute approximate surface area is 102 Å². The Morgan fingerprint density at radius 3 is 3.06 bits per heavy atom. The maximum atomic E-state index is 5.78. The van der Waals surface area contributed by atoms with Crippen LogP contribution in [0.1, 0.15) is 26.2 Å². The predicted molar refractivity (Wildman–Crippen MR) is 64.3 cm³/mol. The van der Waals surface area contributed by atoms with Crippen molar-refractivity contribution in [1.82, 2.24) is 15.3 Å². The third-order valence-electron chi connectivity index (χ3n) is 2.61. The van der Waals surface area contributed by atoms with Gasteiger partial charge in [0.15, 0.2) is 0 Å². The minimum absolute atomic E-state index is 0.206. The lowest BCUT2D eigenvalue weighted by Gasteiger charge is -2.23. The van der Waals surface area contributed by atoms with E-state index in [-0.39, 0.29) is 6.10 Å². The van der Waals surface area contributed by atoms with Crippen molar-refractivity contribution in [3.63, 3.8) is 0 Å². The molecule has 1 aromatic heterocycles. The fraction of sp³-hybridized carbons (Fsp3) is 0.667. The van der Waals surface area contributed by atoms with Gasteiger partial charge in [0, 0.05) is 6.54 Å².